The van der Waals surface area contributed by atoms with Crippen LogP contribution in [-0.4, -0.2) is 50.8 Å². The molecule has 0 unspecified atom stereocenters. The molecule has 0 aliphatic carbocycles. The highest BCUT2D eigenvalue weighted by molar-refractivity contribution is 5.33. The third kappa shape index (κ3) is 6.47. The van der Waals surface area contributed by atoms with E-state index in [9.17, 15) is 13.2 Å². The minimum Gasteiger partial charge on any atom is -0.376 e. The number of hydrogen-bond donors (Lipinski definition) is 1. The lowest BCUT2D eigenvalue weighted by atomic mass is 9.67. The number of rotatable bonds is 8. The number of alkyl halides is 3. The molecule has 6 heteroatoms. The third-order valence-electron chi connectivity index (χ3n) is 5.38. The van der Waals surface area contributed by atoms with Crippen LogP contribution in [0.5, 0.6) is 0 Å². The number of ether oxygens (including phenoxy) is 1. The second kappa shape index (κ2) is 8.93. The Morgan fingerprint density at radius 3 is 2.56 bits per heavy atom. The van der Waals surface area contributed by atoms with Crippen molar-refractivity contribution in [2.24, 2.45) is 0 Å². The smallest absolute Gasteiger partial charge is 0.376 e. The van der Waals surface area contributed by atoms with Gasteiger partial charge in [-0.25, -0.2) is 0 Å². The van der Waals surface area contributed by atoms with Crippen molar-refractivity contribution in [2.75, 3.05) is 40.3 Å². The van der Waals surface area contributed by atoms with Crippen molar-refractivity contribution in [1.29, 1.82) is 0 Å². The highest BCUT2D eigenvalue weighted by Gasteiger charge is 2.42. The summed E-state index contributed by atoms with van der Waals surface area (Å²) in [5, 5.41) is 3.47. The Kier molecular flexibility index (Phi) is 7.33. The van der Waals surface area contributed by atoms with Gasteiger partial charge < -0.3 is 15.0 Å². The van der Waals surface area contributed by atoms with Gasteiger partial charge in [0.15, 0.2) is 0 Å². The van der Waals surface area contributed by atoms with Crippen LogP contribution in [-0.2, 0) is 16.3 Å². The van der Waals surface area contributed by atoms with Gasteiger partial charge in [0.2, 0.25) is 0 Å². The molecule has 27 heavy (non-hydrogen) atoms. The van der Waals surface area contributed by atoms with Crippen molar-refractivity contribution >= 4 is 0 Å². The predicted octanol–water partition coefficient (Wildman–Crippen LogP) is 4.46. The first-order valence-corrected chi connectivity index (χ1v) is 9.71. The molecular formula is C21H33F3N2O. The van der Waals surface area contributed by atoms with E-state index < -0.39 is 11.7 Å². The molecule has 0 aromatic heterocycles. The van der Waals surface area contributed by atoms with Gasteiger partial charge in [0, 0.05) is 12.0 Å². The Labute approximate surface area is 161 Å². The summed E-state index contributed by atoms with van der Waals surface area (Å²) in [7, 11) is 4.10. The van der Waals surface area contributed by atoms with E-state index in [0.717, 1.165) is 56.9 Å². The number of benzene rings is 1. The molecule has 0 amide bonds. The minimum atomic E-state index is -4.32. The van der Waals surface area contributed by atoms with Crippen LogP contribution in [0.1, 0.15) is 50.7 Å². The summed E-state index contributed by atoms with van der Waals surface area (Å²) in [6.45, 7) is 7.35. The average molecular weight is 387 g/mol. The summed E-state index contributed by atoms with van der Waals surface area (Å²) in [6.07, 6.45) is -0.985. The summed E-state index contributed by atoms with van der Waals surface area (Å²) in [5.74, 6) is 0. The van der Waals surface area contributed by atoms with Gasteiger partial charge >= 0.3 is 6.18 Å². The lowest BCUT2D eigenvalue weighted by Gasteiger charge is -2.46. The number of hydrogen-bond acceptors (Lipinski definition) is 3. The van der Waals surface area contributed by atoms with Crippen molar-refractivity contribution in [2.45, 2.75) is 56.7 Å². The van der Waals surface area contributed by atoms with E-state index in [4.69, 9.17) is 4.74 Å². The maximum atomic E-state index is 13.2. The fourth-order valence-electron chi connectivity index (χ4n) is 4.08. The molecule has 1 fully saturated rings. The van der Waals surface area contributed by atoms with Crippen LogP contribution in [0, 0.1) is 0 Å². The van der Waals surface area contributed by atoms with Crippen LogP contribution >= 0.6 is 0 Å². The fourth-order valence-corrected chi connectivity index (χ4v) is 4.08. The Balaban J connectivity index is 2.14. The maximum Gasteiger partial charge on any atom is 0.416 e. The van der Waals surface area contributed by atoms with Gasteiger partial charge in [-0.1, -0.05) is 18.2 Å². The minimum absolute atomic E-state index is 0.294. The molecule has 1 heterocycles. The molecule has 1 aliphatic heterocycles. The lowest BCUT2D eigenvalue weighted by molar-refractivity contribution is -0.137. The molecule has 1 aromatic rings. The van der Waals surface area contributed by atoms with E-state index >= 15 is 0 Å². The van der Waals surface area contributed by atoms with E-state index in [-0.39, 0.29) is 11.0 Å². The molecule has 154 valence electrons. The monoisotopic (exact) mass is 386 g/mol. The van der Waals surface area contributed by atoms with Crippen LogP contribution in [0.4, 0.5) is 13.2 Å². The quantitative estimate of drug-likeness (QED) is 0.668. The van der Waals surface area contributed by atoms with Gasteiger partial charge in [-0.15, -0.1) is 0 Å². The van der Waals surface area contributed by atoms with Gasteiger partial charge in [-0.05, 0) is 84.9 Å². The van der Waals surface area contributed by atoms with Crippen molar-refractivity contribution < 1.29 is 17.9 Å². The highest BCUT2D eigenvalue weighted by Crippen LogP contribution is 2.45. The fraction of sp³-hybridized carbons (Fsp3) is 0.714. The normalized spacial score (nSPS) is 23.0. The van der Waals surface area contributed by atoms with Crippen LogP contribution in [0.15, 0.2) is 24.3 Å². The molecule has 0 saturated carbocycles. The third-order valence-corrected chi connectivity index (χ3v) is 5.38. The van der Waals surface area contributed by atoms with Gasteiger partial charge in [-0.3, -0.25) is 0 Å². The molecule has 0 bridgehead atoms. The van der Waals surface area contributed by atoms with Gasteiger partial charge in [-0.2, -0.15) is 13.2 Å². The van der Waals surface area contributed by atoms with Gasteiger partial charge in [0.05, 0.1) is 11.2 Å². The number of halogens is 3. The second-order valence-electron chi connectivity index (χ2n) is 8.55. The SMILES string of the molecule is CN(C)CCCNCC[C@]1(c2cccc(C(F)(F)F)c2)CCOC(C)(C)C1. The Morgan fingerprint density at radius 1 is 1.19 bits per heavy atom. The standard InChI is InChI=1S/C21H33F3N2O/c1-19(2)16-20(10-14-27-19,9-12-25-11-6-13-26(3)4)17-7-5-8-18(15-17)21(22,23)24/h5,7-8,15,25H,6,9-14,16H2,1-4H3/t20-/m0/s1. The Bertz CT molecular complexity index is 601. The van der Waals surface area contributed by atoms with E-state index in [0.29, 0.717) is 6.61 Å². The summed E-state index contributed by atoms with van der Waals surface area (Å²) < 4.78 is 45.5. The first-order chi connectivity index (χ1) is 12.5. The van der Waals surface area contributed by atoms with Crippen molar-refractivity contribution in [1.82, 2.24) is 10.2 Å². The molecule has 1 saturated heterocycles. The van der Waals surface area contributed by atoms with Crippen LogP contribution in [0.3, 0.4) is 0 Å². The summed E-state index contributed by atoms with van der Waals surface area (Å²) in [4.78, 5) is 2.15. The van der Waals surface area contributed by atoms with E-state index in [1.807, 2.05) is 34.0 Å². The molecule has 1 aromatic carbocycles. The topological polar surface area (TPSA) is 24.5 Å². The van der Waals surface area contributed by atoms with Crippen molar-refractivity contribution in [3.05, 3.63) is 35.4 Å². The maximum absolute atomic E-state index is 13.2. The van der Waals surface area contributed by atoms with Crippen molar-refractivity contribution in [3.8, 4) is 0 Å². The van der Waals surface area contributed by atoms with Crippen LogP contribution < -0.4 is 5.32 Å². The predicted molar refractivity (Wildman–Crippen MR) is 103 cm³/mol. The molecule has 0 radical (unpaired) electrons. The summed E-state index contributed by atoms with van der Waals surface area (Å²) in [6, 6.07) is 5.88. The average Bonchev–Trinajstić information content (AvgIpc) is 2.56. The summed E-state index contributed by atoms with van der Waals surface area (Å²) >= 11 is 0. The van der Waals surface area contributed by atoms with Crippen molar-refractivity contribution in [3.63, 3.8) is 0 Å². The van der Waals surface area contributed by atoms with Crippen LogP contribution in [0.2, 0.25) is 0 Å². The molecule has 2 rings (SSSR count). The highest BCUT2D eigenvalue weighted by atomic mass is 19.4. The largest absolute Gasteiger partial charge is 0.416 e. The first kappa shape index (κ1) is 22.2. The lowest BCUT2D eigenvalue weighted by Crippen LogP contribution is -2.45. The van der Waals surface area contributed by atoms with E-state index in [1.165, 1.54) is 12.1 Å². The van der Waals surface area contributed by atoms with E-state index in [2.05, 4.69) is 10.2 Å². The first-order valence-electron chi connectivity index (χ1n) is 9.71. The zero-order chi connectivity index (χ0) is 20.1. The van der Waals surface area contributed by atoms with Gasteiger partial charge in [0.25, 0.3) is 0 Å². The Morgan fingerprint density at radius 2 is 1.93 bits per heavy atom. The molecule has 1 N–H and O–H groups in total. The van der Waals surface area contributed by atoms with E-state index in [1.54, 1.807) is 0 Å². The molecule has 3 nitrogen and oxygen atoms in total. The summed E-state index contributed by atoms with van der Waals surface area (Å²) in [5.41, 5.74) is -0.416. The molecule has 1 atom stereocenters. The number of nitrogens with one attached hydrogen (secondary N) is 1. The molecular weight excluding hydrogens is 353 g/mol. The van der Waals surface area contributed by atoms with Crippen LogP contribution in [0.25, 0.3) is 0 Å². The second-order valence-corrected chi connectivity index (χ2v) is 8.55. The molecule has 0 spiro atoms. The van der Waals surface area contributed by atoms with Gasteiger partial charge in [0.1, 0.15) is 0 Å². The zero-order valence-corrected chi connectivity index (χ0v) is 17.0. The zero-order valence-electron chi connectivity index (χ0n) is 17.0. The number of nitrogens with zero attached hydrogens (tertiary/aromatic N) is 1. The molecule has 1 aliphatic rings. The Hall–Kier alpha value is -1.11.